The van der Waals surface area contributed by atoms with Gasteiger partial charge >= 0.3 is 0 Å². The normalized spacial score (nSPS) is 23.8. The standard InChI is InChI=1S/C14H18BrNO2/c1-16-13(10-2-4-17-8-10)12-7-11(15)6-9-3-5-18-14(9)12/h6-7,10,13,16H,2-5,8H2,1H3. The molecule has 2 atom stereocenters. The van der Waals surface area contributed by atoms with Gasteiger partial charge in [-0.1, -0.05) is 15.9 Å². The van der Waals surface area contributed by atoms with Crippen LogP contribution in [0.2, 0.25) is 0 Å². The highest BCUT2D eigenvalue weighted by Crippen LogP contribution is 2.40. The molecule has 0 aliphatic carbocycles. The predicted octanol–water partition coefficient (Wildman–Crippen LogP) is 2.68. The molecule has 3 nitrogen and oxygen atoms in total. The summed E-state index contributed by atoms with van der Waals surface area (Å²) >= 11 is 3.61. The Bertz CT molecular complexity index is 444. The van der Waals surface area contributed by atoms with Gasteiger partial charge in [0.05, 0.1) is 13.2 Å². The molecule has 18 heavy (non-hydrogen) atoms. The summed E-state index contributed by atoms with van der Waals surface area (Å²) in [5.74, 6) is 1.63. The molecule has 3 rings (SSSR count). The van der Waals surface area contributed by atoms with Crippen molar-refractivity contribution in [1.29, 1.82) is 0 Å². The average Bonchev–Trinajstić information content (AvgIpc) is 2.99. The Hall–Kier alpha value is -0.580. The molecule has 2 aliphatic heterocycles. The summed E-state index contributed by atoms with van der Waals surface area (Å²) < 4.78 is 12.5. The van der Waals surface area contributed by atoms with Crippen molar-refractivity contribution in [2.75, 3.05) is 26.9 Å². The minimum absolute atomic E-state index is 0.317. The van der Waals surface area contributed by atoms with E-state index >= 15 is 0 Å². The van der Waals surface area contributed by atoms with Crippen LogP contribution in [0, 0.1) is 5.92 Å². The fraction of sp³-hybridized carbons (Fsp3) is 0.571. The van der Waals surface area contributed by atoms with Crippen LogP contribution in [0.15, 0.2) is 16.6 Å². The lowest BCUT2D eigenvalue weighted by Gasteiger charge is -2.24. The Morgan fingerprint density at radius 2 is 2.28 bits per heavy atom. The van der Waals surface area contributed by atoms with E-state index in [0.717, 1.165) is 42.9 Å². The quantitative estimate of drug-likeness (QED) is 0.931. The molecular weight excluding hydrogens is 294 g/mol. The van der Waals surface area contributed by atoms with Crippen LogP contribution in [0.3, 0.4) is 0 Å². The number of ether oxygens (including phenoxy) is 2. The van der Waals surface area contributed by atoms with Gasteiger partial charge in [0, 0.05) is 35.0 Å². The second-order valence-electron chi connectivity index (χ2n) is 4.97. The average molecular weight is 312 g/mol. The summed E-state index contributed by atoms with van der Waals surface area (Å²) in [6, 6.07) is 4.67. The lowest BCUT2D eigenvalue weighted by Crippen LogP contribution is -2.26. The maximum atomic E-state index is 5.83. The Morgan fingerprint density at radius 1 is 1.39 bits per heavy atom. The number of benzene rings is 1. The third kappa shape index (κ3) is 2.17. The van der Waals surface area contributed by atoms with Crippen molar-refractivity contribution in [3.8, 4) is 5.75 Å². The number of halogens is 1. The SMILES string of the molecule is CNC(c1cc(Br)cc2c1OCC2)C1CCOC1. The zero-order chi connectivity index (χ0) is 12.5. The minimum atomic E-state index is 0.317. The molecule has 0 saturated carbocycles. The van der Waals surface area contributed by atoms with Gasteiger partial charge in [0.15, 0.2) is 0 Å². The van der Waals surface area contributed by atoms with Gasteiger partial charge in [-0.2, -0.15) is 0 Å². The molecule has 1 fully saturated rings. The van der Waals surface area contributed by atoms with Gasteiger partial charge < -0.3 is 14.8 Å². The molecule has 2 unspecified atom stereocenters. The molecule has 2 heterocycles. The third-order valence-corrected chi connectivity index (χ3v) is 4.32. The van der Waals surface area contributed by atoms with Crippen molar-refractivity contribution >= 4 is 15.9 Å². The fourth-order valence-corrected chi connectivity index (χ4v) is 3.51. The van der Waals surface area contributed by atoms with Crippen molar-refractivity contribution in [3.05, 3.63) is 27.7 Å². The summed E-state index contributed by atoms with van der Waals surface area (Å²) in [4.78, 5) is 0. The van der Waals surface area contributed by atoms with Gasteiger partial charge in [-0.05, 0) is 31.2 Å². The van der Waals surface area contributed by atoms with Crippen molar-refractivity contribution in [1.82, 2.24) is 5.32 Å². The van der Waals surface area contributed by atoms with Gasteiger partial charge in [-0.25, -0.2) is 0 Å². The molecule has 0 radical (unpaired) electrons. The Balaban J connectivity index is 1.98. The lowest BCUT2D eigenvalue weighted by atomic mass is 9.90. The van der Waals surface area contributed by atoms with E-state index in [1.807, 2.05) is 7.05 Å². The predicted molar refractivity (Wildman–Crippen MR) is 74.1 cm³/mol. The smallest absolute Gasteiger partial charge is 0.127 e. The molecule has 0 spiro atoms. The second kappa shape index (κ2) is 5.19. The molecule has 1 aromatic carbocycles. The van der Waals surface area contributed by atoms with Crippen LogP contribution in [-0.4, -0.2) is 26.9 Å². The molecular formula is C14H18BrNO2. The Kier molecular flexibility index (Phi) is 3.59. The molecule has 4 heteroatoms. The summed E-state index contributed by atoms with van der Waals surface area (Å²) in [6.07, 6.45) is 2.13. The van der Waals surface area contributed by atoms with Gasteiger partial charge in [0.25, 0.3) is 0 Å². The Morgan fingerprint density at radius 3 is 3.00 bits per heavy atom. The highest BCUT2D eigenvalue weighted by atomic mass is 79.9. The topological polar surface area (TPSA) is 30.5 Å². The summed E-state index contributed by atoms with van der Waals surface area (Å²) in [6.45, 7) is 2.52. The summed E-state index contributed by atoms with van der Waals surface area (Å²) in [5.41, 5.74) is 2.59. The molecule has 1 saturated heterocycles. The van der Waals surface area contributed by atoms with Crippen molar-refractivity contribution < 1.29 is 9.47 Å². The van der Waals surface area contributed by atoms with Crippen molar-refractivity contribution in [2.45, 2.75) is 18.9 Å². The van der Waals surface area contributed by atoms with E-state index in [2.05, 4.69) is 33.4 Å². The van der Waals surface area contributed by atoms with E-state index in [0.29, 0.717) is 12.0 Å². The van der Waals surface area contributed by atoms with Crippen LogP contribution in [-0.2, 0) is 11.2 Å². The molecule has 1 N–H and O–H groups in total. The van der Waals surface area contributed by atoms with Gasteiger partial charge in [0.2, 0.25) is 0 Å². The zero-order valence-corrected chi connectivity index (χ0v) is 12.1. The Labute approximate surface area is 116 Å². The minimum Gasteiger partial charge on any atom is -0.493 e. The maximum Gasteiger partial charge on any atom is 0.127 e. The summed E-state index contributed by atoms with van der Waals surface area (Å²) in [5, 5.41) is 3.44. The first-order valence-corrected chi connectivity index (χ1v) is 7.29. The largest absolute Gasteiger partial charge is 0.493 e. The van der Waals surface area contributed by atoms with Crippen LogP contribution in [0.25, 0.3) is 0 Å². The molecule has 0 aromatic heterocycles. The number of rotatable bonds is 3. The first kappa shape index (κ1) is 12.5. The number of fused-ring (bicyclic) bond motifs is 1. The molecule has 0 bridgehead atoms. The highest BCUT2D eigenvalue weighted by Gasteiger charge is 2.30. The van der Waals surface area contributed by atoms with Crippen LogP contribution in [0.5, 0.6) is 5.75 Å². The number of nitrogens with one attached hydrogen (secondary N) is 1. The van der Waals surface area contributed by atoms with Crippen LogP contribution in [0.1, 0.15) is 23.6 Å². The van der Waals surface area contributed by atoms with E-state index < -0.39 is 0 Å². The van der Waals surface area contributed by atoms with E-state index in [-0.39, 0.29) is 0 Å². The molecule has 2 aliphatic rings. The second-order valence-corrected chi connectivity index (χ2v) is 5.89. The highest BCUT2D eigenvalue weighted by molar-refractivity contribution is 9.10. The molecule has 0 amide bonds. The van der Waals surface area contributed by atoms with Crippen LogP contribution >= 0.6 is 15.9 Å². The van der Waals surface area contributed by atoms with E-state index in [1.54, 1.807) is 0 Å². The van der Waals surface area contributed by atoms with Crippen molar-refractivity contribution in [3.63, 3.8) is 0 Å². The third-order valence-electron chi connectivity index (χ3n) is 3.86. The first-order valence-electron chi connectivity index (χ1n) is 6.49. The van der Waals surface area contributed by atoms with Crippen LogP contribution in [0.4, 0.5) is 0 Å². The molecule has 1 aromatic rings. The van der Waals surface area contributed by atoms with Crippen LogP contribution < -0.4 is 10.1 Å². The van der Waals surface area contributed by atoms with Crippen molar-refractivity contribution in [2.24, 2.45) is 5.92 Å². The van der Waals surface area contributed by atoms with E-state index in [1.165, 1.54) is 11.1 Å². The van der Waals surface area contributed by atoms with Gasteiger partial charge in [-0.15, -0.1) is 0 Å². The zero-order valence-electron chi connectivity index (χ0n) is 10.5. The maximum absolute atomic E-state index is 5.83. The van der Waals surface area contributed by atoms with E-state index in [9.17, 15) is 0 Å². The summed E-state index contributed by atoms with van der Waals surface area (Å²) in [7, 11) is 2.02. The number of hydrogen-bond acceptors (Lipinski definition) is 3. The fourth-order valence-electron chi connectivity index (χ4n) is 2.99. The first-order chi connectivity index (χ1) is 8.79. The monoisotopic (exact) mass is 311 g/mol. The number of hydrogen-bond donors (Lipinski definition) is 1. The van der Waals surface area contributed by atoms with Gasteiger partial charge in [0.1, 0.15) is 5.75 Å². The molecule has 98 valence electrons. The van der Waals surface area contributed by atoms with Gasteiger partial charge in [-0.3, -0.25) is 0 Å². The van der Waals surface area contributed by atoms with E-state index in [4.69, 9.17) is 9.47 Å². The lowest BCUT2D eigenvalue weighted by molar-refractivity contribution is 0.177.